The lowest BCUT2D eigenvalue weighted by molar-refractivity contribution is 0.181. The van der Waals surface area contributed by atoms with Gasteiger partial charge in [0.2, 0.25) is 10.0 Å². The average Bonchev–Trinajstić information content (AvgIpc) is 2.40. The first kappa shape index (κ1) is 19.3. The summed E-state index contributed by atoms with van der Waals surface area (Å²) in [6.45, 7) is 5.22. The minimum absolute atomic E-state index is 0. The summed E-state index contributed by atoms with van der Waals surface area (Å²) in [7, 11) is -3.85. The Bertz CT molecular complexity index is 623. The predicted molar refractivity (Wildman–Crippen MR) is 83.6 cm³/mol. The van der Waals surface area contributed by atoms with E-state index in [0.717, 1.165) is 31.5 Å². The molecule has 1 saturated heterocycles. The van der Waals surface area contributed by atoms with Gasteiger partial charge >= 0.3 is 0 Å². The Kier molecular flexibility index (Phi) is 6.32. The van der Waals surface area contributed by atoms with Crippen molar-refractivity contribution in [1.82, 2.24) is 10.0 Å². The first-order valence-corrected chi connectivity index (χ1v) is 8.39. The van der Waals surface area contributed by atoms with E-state index in [4.69, 9.17) is 0 Å². The van der Waals surface area contributed by atoms with E-state index in [1.54, 1.807) is 0 Å². The van der Waals surface area contributed by atoms with Crippen LogP contribution >= 0.6 is 12.4 Å². The van der Waals surface area contributed by atoms with Crippen molar-refractivity contribution in [3.05, 3.63) is 29.8 Å². The van der Waals surface area contributed by atoms with Gasteiger partial charge in [-0.2, -0.15) is 0 Å². The molecule has 8 heteroatoms. The third kappa shape index (κ3) is 4.38. The van der Waals surface area contributed by atoms with Crippen molar-refractivity contribution in [2.45, 2.75) is 37.6 Å². The Morgan fingerprint density at radius 3 is 2.59 bits per heavy atom. The Labute approximate surface area is 136 Å². The second-order valence-corrected chi connectivity index (χ2v) is 7.79. The van der Waals surface area contributed by atoms with Gasteiger partial charge in [0.05, 0.1) is 4.90 Å². The van der Waals surface area contributed by atoms with Crippen LogP contribution in [0, 0.1) is 17.0 Å². The van der Waals surface area contributed by atoms with Gasteiger partial charge in [-0.25, -0.2) is 21.9 Å². The Hall–Kier alpha value is -0.760. The molecule has 0 spiro atoms. The van der Waals surface area contributed by atoms with E-state index < -0.39 is 21.7 Å². The van der Waals surface area contributed by atoms with Crippen LogP contribution in [0.25, 0.3) is 0 Å². The van der Waals surface area contributed by atoms with Gasteiger partial charge in [0, 0.05) is 12.6 Å². The fourth-order valence-electron chi connectivity index (χ4n) is 2.54. The van der Waals surface area contributed by atoms with Crippen LogP contribution < -0.4 is 10.0 Å². The standard InChI is InChI=1S/C14H20F2N2O2S.ClH/c1-14(2)6-3-7-17-13(14)9-18-21(19,20)10-4-5-11(15)12(16)8-10;/h4-5,8,13,17-18H,3,6-7,9H2,1-2H3;1H. The van der Waals surface area contributed by atoms with E-state index in [9.17, 15) is 17.2 Å². The van der Waals surface area contributed by atoms with Crippen LogP contribution in [0.2, 0.25) is 0 Å². The van der Waals surface area contributed by atoms with E-state index in [0.29, 0.717) is 6.07 Å². The maximum Gasteiger partial charge on any atom is 0.240 e. The van der Waals surface area contributed by atoms with Gasteiger partial charge in [-0.15, -0.1) is 12.4 Å². The number of hydrogen-bond acceptors (Lipinski definition) is 3. The van der Waals surface area contributed by atoms with Crippen molar-refractivity contribution in [2.75, 3.05) is 13.1 Å². The topological polar surface area (TPSA) is 58.2 Å². The molecule has 22 heavy (non-hydrogen) atoms. The number of hydrogen-bond donors (Lipinski definition) is 2. The molecule has 126 valence electrons. The van der Waals surface area contributed by atoms with E-state index in [2.05, 4.69) is 23.9 Å². The first-order valence-electron chi connectivity index (χ1n) is 6.90. The zero-order valence-electron chi connectivity index (χ0n) is 12.5. The van der Waals surface area contributed by atoms with E-state index >= 15 is 0 Å². The molecule has 0 aromatic heterocycles. The highest BCUT2D eigenvalue weighted by Crippen LogP contribution is 2.29. The monoisotopic (exact) mass is 354 g/mol. The highest BCUT2D eigenvalue weighted by Gasteiger charge is 2.32. The molecule has 0 radical (unpaired) electrons. The minimum atomic E-state index is -3.85. The molecule has 1 atom stereocenters. The molecule has 1 aromatic rings. The summed E-state index contributed by atoms with van der Waals surface area (Å²) in [5.41, 5.74) is -0.0190. The lowest BCUT2D eigenvalue weighted by Crippen LogP contribution is -2.52. The first-order chi connectivity index (χ1) is 9.72. The summed E-state index contributed by atoms with van der Waals surface area (Å²) in [5, 5.41) is 3.29. The molecule has 1 fully saturated rings. The van der Waals surface area contributed by atoms with Gasteiger partial charge in [0.25, 0.3) is 0 Å². The average molecular weight is 355 g/mol. The normalized spacial score (nSPS) is 21.2. The van der Waals surface area contributed by atoms with Crippen molar-refractivity contribution in [1.29, 1.82) is 0 Å². The van der Waals surface area contributed by atoms with E-state index in [1.165, 1.54) is 0 Å². The summed E-state index contributed by atoms with van der Waals surface area (Å²) in [5.74, 6) is -2.24. The molecule has 0 amide bonds. The molecule has 2 rings (SSSR count). The molecule has 0 aliphatic carbocycles. The van der Waals surface area contributed by atoms with Gasteiger partial charge in [-0.3, -0.25) is 0 Å². The quantitative estimate of drug-likeness (QED) is 0.873. The fourth-order valence-corrected chi connectivity index (χ4v) is 3.60. The van der Waals surface area contributed by atoms with Crippen LogP contribution in [0.3, 0.4) is 0 Å². The fraction of sp³-hybridized carbons (Fsp3) is 0.571. The van der Waals surface area contributed by atoms with Crippen LogP contribution in [0.5, 0.6) is 0 Å². The second-order valence-electron chi connectivity index (χ2n) is 6.03. The van der Waals surface area contributed by atoms with Crippen molar-refractivity contribution >= 4 is 22.4 Å². The molecular formula is C14H21ClF2N2O2S. The highest BCUT2D eigenvalue weighted by molar-refractivity contribution is 7.89. The Balaban J connectivity index is 0.00000242. The van der Waals surface area contributed by atoms with Crippen LogP contribution in [0.1, 0.15) is 26.7 Å². The highest BCUT2D eigenvalue weighted by atomic mass is 35.5. The lowest BCUT2D eigenvalue weighted by atomic mass is 9.78. The van der Waals surface area contributed by atoms with Crippen molar-refractivity contribution < 1.29 is 17.2 Å². The SMILES string of the molecule is CC1(C)CCCNC1CNS(=O)(=O)c1ccc(F)c(F)c1.Cl. The molecule has 1 aliphatic rings. The second kappa shape index (κ2) is 7.21. The summed E-state index contributed by atoms with van der Waals surface area (Å²) in [6.07, 6.45) is 2.07. The smallest absolute Gasteiger partial charge is 0.240 e. The van der Waals surface area contributed by atoms with Crippen molar-refractivity contribution in [3.8, 4) is 0 Å². The maximum atomic E-state index is 13.1. The molecule has 1 aliphatic heterocycles. The molecule has 1 aromatic carbocycles. The third-order valence-electron chi connectivity index (χ3n) is 4.01. The zero-order chi connectivity index (χ0) is 15.7. The molecule has 2 N–H and O–H groups in total. The lowest BCUT2D eigenvalue weighted by Gasteiger charge is -2.39. The summed E-state index contributed by atoms with van der Waals surface area (Å²) in [4.78, 5) is -0.269. The van der Waals surface area contributed by atoms with Crippen LogP contribution in [0.15, 0.2) is 23.1 Å². The number of nitrogens with one attached hydrogen (secondary N) is 2. The molecule has 1 unspecified atom stereocenters. The van der Waals surface area contributed by atoms with E-state index in [-0.39, 0.29) is 35.3 Å². The van der Waals surface area contributed by atoms with Crippen LogP contribution in [-0.4, -0.2) is 27.5 Å². The number of sulfonamides is 1. The zero-order valence-corrected chi connectivity index (χ0v) is 14.2. The Morgan fingerprint density at radius 2 is 2.00 bits per heavy atom. The van der Waals surface area contributed by atoms with Crippen LogP contribution in [-0.2, 0) is 10.0 Å². The maximum absolute atomic E-state index is 13.1. The number of halogens is 3. The van der Waals surface area contributed by atoms with Gasteiger partial charge in [0.15, 0.2) is 11.6 Å². The largest absolute Gasteiger partial charge is 0.312 e. The molecule has 1 heterocycles. The molecule has 4 nitrogen and oxygen atoms in total. The molecule has 0 saturated carbocycles. The van der Waals surface area contributed by atoms with E-state index in [1.807, 2.05) is 0 Å². The number of piperidine rings is 1. The summed E-state index contributed by atoms with van der Waals surface area (Å²) < 4.78 is 52.7. The van der Waals surface area contributed by atoms with Gasteiger partial charge < -0.3 is 5.32 Å². The van der Waals surface area contributed by atoms with Gasteiger partial charge in [0.1, 0.15) is 0 Å². The summed E-state index contributed by atoms with van der Waals surface area (Å²) >= 11 is 0. The number of benzene rings is 1. The van der Waals surface area contributed by atoms with Crippen molar-refractivity contribution in [3.63, 3.8) is 0 Å². The van der Waals surface area contributed by atoms with Gasteiger partial charge in [-0.05, 0) is 43.0 Å². The Morgan fingerprint density at radius 1 is 1.32 bits per heavy atom. The molecular weight excluding hydrogens is 334 g/mol. The molecule has 0 bridgehead atoms. The van der Waals surface area contributed by atoms with Gasteiger partial charge in [-0.1, -0.05) is 13.8 Å². The van der Waals surface area contributed by atoms with Crippen LogP contribution in [0.4, 0.5) is 8.78 Å². The van der Waals surface area contributed by atoms with Crippen molar-refractivity contribution in [2.24, 2.45) is 5.41 Å². The summed E-state index contributed by atoms with van der Waals surface area (Å²) in [6, 6.07) is 2.57. The minimum Gasteiger partial charge on any atom is -0.312 e. The predicted octanol–water partition coefficient (Wildman–Crippen LogP) is 2.44. The number of rotatable bonds is 4. The third-order valence-corrected chi connectivity index (χ3v) is 5.43.